The largest absolute Gasteiger partial charge is 0.304 e. The number of pyridine rings is 1. The number of likely N-dealkylation sites (N-methyl/N-ethyl adjacent to an activating group) is 1. The van der Waals surface area contributed by atoms with E-state index in [9.17, 15) is 8.42 Å². The third kappa shape index (κ3) is 3.48. The lowest BCUT2D eigenvalue weighted by molar-refractivity contribution is 0.135. The summed E-state index contributed by atoms with van der Waals surface area (Å²) in [6, 6.07) is 1.53. The van der Waals surface area contributed by atoms with E-state index in [-0.39, 0.29) is 4.90 Å². The van der Waals surface area contributed by atoms with E-state index in [1.807, 2.05) is 7.05 Å². The lowest BCUT2D eigenvalue weighted by Gasteiger charge is -2.32. The summed E-state index contributed by atoms with van der Waals surface area (Å²) in [4.78, 5) is 8.76. The Kier molecular flexibility index (Phi) is 4.33. The number of nitrogens with zero attached hydrogens (tertiary/aromatic N) is 3. The molecule has 1 aromatic heterocycles. The van der Waals surface area contributed by atoms with Gasteiger partial charge in [-0.3, -0.25) is 4.98 Å². The first-order valence-electron chi connectivity index (χ1n) is 5.54. The number of hydrogen-bond donors (Lipinski definition) is 1. The molecule has 2 heterocycles. The number of aromatic nitrogens is 1. The van der Waals surface area contributed by atoms with Crippen LogP contribution in [0.3, 0.4) is 0 Å². The molecular weight excluding hydrogens is 320 g/mol. The second-order valence-corrected chi connectivity index (χ2v) is 6.80. The molecule has 1 aliphatic heterocycles. The highest BCUT2D eigenvalue weighted by Crippen LogP contribution is 2.14. The van der Waals surface area contributed by atoms with Crippen LogP contribution in [-0.2, 0) is 10.0 Å². The zero-order valence-electron chi connectivity index (χ0n) is 10.0. The molecule has 0 saturated carbocycles. The molecule has 0 unspecified atom stereocenters. The average Bonchev–Trinajstić information content (AvgIpc) is 2.32. The van der Waals surface area contributed by atoms with Gasteiger partial charge in [0, 0.05) is 43.0 Å². The number of hydrogen-bond acceptors (Lipinski definition) is 5. The fraction of sp³-hybridized carbons (Fsp3) is 0.500. The summed E-state index contributed by atoms with van der Waals surface area (Å²) >= 11 is 3.21. The van der Waals surface area contributed by atoms with Gasteiger partial charge in [-0.2, -0.15) is 0 Å². The number of sulfonamides is 1. The zero-order chi connectivity index (χ0) is 13.2. The lowest BCUT2D eigenvalue weighted by atomic mass is 10.4. The molecule has 8 heteroatoms. The molecule has 0 aromatic carbocycles. The van der Waals surface area contributed by atoms with Crippen molar-refractivity contribution in [1.29, 1.82) is 0 Å². The number of hydrazine groups is 1. The maximum absolute atomic E-state index is 12.1. The van der Waals surface area contributed by atoms with Crippen LogP contribution in [0.1, 0.15) is 0 Å². The van der Waals surface area contributed by atoms with Gasteiger partial charge >= 0.3 is 0 Å². The molecule has 1 aliphatic rings. The standard InChI is InChI=1S/C10H15BrN4O2S/c1-14-2-4-15(5-3-14)13-18(16,17)10-6-9(11)7-12-8-10/h6-8,13H,2-5H2,1H3. The monoisotopic (exact) mass is 334 g/mol. The van der Waals surface area contributed by atoms with E-state index in [0.717, 1.165) is 13.1 Å². The molecule has 2 rings (SSSR count). The number of nitrogens with one attached hydrogen (secondary N) is 1. The minimum atomic E-state index is -3.53. The van der Waals surface area contributed by atoms with Gasteiger partial charge in [-0.15, -0.1) is 4.83 Å². The highest BCUT2D eigenvalue weighted by molar-refractivity contribution is 9.10. The van der Waals surface area contributed by atoms with Crippen LogP contribution in [0.2, 0.25) is 0 Å². The molecule has 18 heavy (non-hydrogen) atoms. The average molecular weight is 335 g/mol. The molecule has 0 aliphatic carbocycles. The van der Waals surface area contributed by atoms with Crippen LogP contribution >= 0.6 is 15.9 Å². The van der Waals surface area contributed by atoms with Crippen molar-refractivity contribution in [3.05, 3.63) is 22.9 Å². The smallest absolute Gasteiger partial charge is 0.255 e. The predicted molar refractivity (Wildman–Crippen MR) is 71.3 cm³/mol. The van der Waals surface area contributed by atoms with E-state index in [1.54, 1.807) is 11.2 Å². The fourth-order valence-electron chi connectivity index (χ4n) is 1.66. The van der Waals surface area contributed by atoms with Gasteiger partial charge in [-0.25, -0.2) is 13.4 Å². The van der Waals surface area contributed by atoms with Crippen molar-refractivity contribution in [1.82, 2.24) is 19.7 Å². The molecule has 0 amide bonds. The van der Waals surface area contributed by atoms with Crippen molar-refractivity contribution >= 4 is 26.0 Å². The highest BCUT2D eigenvalue weighted by Gasteiger charge is 2.21. The van der Waals surface area contributed by atoms with Crippen molar-refractivity contribution in [3.63, 3.8) is 0 Å². The predicted octanol–water partition coefficient (Wildman–Crippen LogP) is 0.285. The SMILES string of the molecule is CN1CCN(NS(=O)(=O)c2cncc(Br)c2)CC1. The van der Waals surface area contributed by atoms with Gasteiger partial charge < -0.3 is 4.90 Å². The highest BCUT2D eigenvalue weighted by atomic mass is 79.9. The van der Waals surface area contributed by atoms with Crippen LogP contribution in [0.15, 0.2) is 27.8 Å². The fourth-order valence-corrected chi connectivity index (χ4v) is 3.29. The summed E-state index contributed by atoms with van der Waals surface area (Å²) in [5, 5.41) is 1.72. The Bertz CT molecular complexity index is 514. The van der Waals surface area contributed by atoms with E-state index in [4.69, 9.17) is 0 Å². The third-order valence-corrected chi connectivity index (χ3v) is 4.52. The van der Waals surface area contributed by atoms with Gasteiger partial charge in [0.15, 0.2) is 0 Å². The normalized spacial score (nSPS) is 19.0. The van der Waals surface area contributed by atoms with Gasteiger partial charge in [0.1, 0.15) is 4.90 Å². The van der Waals surface area contributed by atoms with Crippen LogP contribution < -0.4 is 4.83 Å². The summed E-state index contributed by atoms with van der Waals surface area (Å²) in [5.41, 5.74) is 0. The molecule has 1 N–H and O–H groups in total. The first-order valence-corrected chi connectivity index (χ1v) is 7.81. The summed E-state index contributed by atoms with van der Waals surface area (Å²) in [6.45, 7) is 3.05. The zero-order valence-corrected chi connectivity index (χ0v) is 12.4. The van der Waals surface area contributed by atoms with Crippen LogP contribution in [0.5, 0.6) is 0 Å². The van der Waals surface area contributed by atoms with Crippen molar-refractivity contribution in [3.8, 4) is 0 Å². The van der Waals surface area contributed by atoms with Gasteiger partial charge in [0.05, 0.1) is 0 Å². The molecule has 100 valence electrons. The molecular formula is C10H15BrN4O2S. The first-order chi connectivity index (χ1) is 8.47. The van der Waals surface area contributed by atoms with Crippen molar-refractivity contribution in [2.24, 2.45) is 0 Å². The molecule has 1 saturated heterocycles. The Morgan fingerprint density at radius 3 is 2.56 bits per heavy atom. The van der Waals surface area contributed by atoms with Gasteiger partial charge in [0.2, 0.25) is 0 Å². The molecule has 0 bridgehead atoms. The van der Waals surface area contributed by atoms with Crippen molar-refractivity contribution in [2.75, 3.05) is 33.2 Å². The Morgan fingerprint density at radius 2 is 1.94 bits per heavy atom. The molecule has 1 fully saturated rings. The number of halogens is 1. The summed E-state index contributed by atoms with van der Waals surface area (Å²) in [6.07, 6.45) is 2.89. The van der Waals surface area contributed by atoms with E-state index in [1.165, 1.54) is 12.3 Å². The summed E-state index contributed by atoms with van der Waals surface area (Å²) in [5.74, 6) is 0. The Labute approximate surface area is 115 Å². The number of rotatable bonds is 3. The van der Waals surface area contributed by atoms with Crippen LogP contribution in [-0.4, -0.2) is 56.5 Å². The van der Waals surface area contributed by atoms with Crippen LogP contribution in [0.25, 0.3) is 0 Å². The Morgan fingerprint density at radius 1 is 1.28 bits per heavy atom. The molecule has 0 atom stereocenters. The quantitative estimate of drug-likeness (QED) is 0.860. The maximum Gasteiger partial charge on any atom is 0.255 e. The van der Waals surface area contributed by atoms with Gasteiger partial charge in [-0.1, -0.05) is 0 Å². The topological polar surface area (TPSA) is 65.5 Å². The van der Waals surface area contributed by atoms with Gasteiger partial charge in [0.25, 0.3) is 10.0 Å². The second-order valence-electron chi connectivity index (χ2n) is 4.22. The van der Waals surface area contributed by atoms with Crippen LogP contribution in [0, 0.1) is 0 Å². The second kappa shape index (κ2) is 5.62. The number of piperazine rings is 1. The first kappa shape index (κ1) is 13.9. The minimum absolute atomic E-state index is 0.163. The molecule has 0 radical (unpaired) electrons. The minimum Gasteiger partial charge on any atom is -0.304 e. The van der Waals surface area contributed by atoms with Gasteiger partial charge in [-0.05, 0) is 29.0 Å². The Hall–Kier alpha value is -0.540. The van der Waals surface area contributed by atoms with Crippen molar-refractivity contribution < 1.29 is 8.42 Å². The van der Waals surface area contributed by atoms with E-state index >= 15 is 0 Å². The summed E-state index contributed by atoms with van der Waals surface area (Å²) in [7, 11) is -1.52. The van der Waals surface area contributed by atoms with E-state index in [2.05, 4.69) is 30.6 Å². The lowest BCUT2D eigenvalue weighted by Crippen LogP contribution is -2.52. The molecule has 6 nitrogen and oxygen atoms in total. The van der Waals surface area contributed by atoms with E-state index < -0.39 is 10.0 Å². The van der Waals surface area contributed by atoms with Crippen LogP contribution in [0.4, 0.5) is 0 Å². The van der Waals surface area contributed by atoms with Crippen molar-refractivity contribution in [2.45, 2.75) is 4.90 Å². The molecule has 1 aromatic rings. The maximum atomic E-state index is 12.1. The Balaban J connectivity index is 2.08. The van der Waals surface area contributed by atoms with E-state index in [0.29, 0.717) is 17.6 Å². The molecule has 0 spiro atoms. The third-order valence-electron chi connectivity index (χ3n) is 2.74. The summed E-state index contributed by atoms with van der Waals surface area (Å²) < 4.78 is 24.9.